The molecule has 3 aromatic rings. The first-order chi connectivity index (χ1) is 12.5. The monoisotopic (exact) mass is 414 g/mol. The first-order valence-electron chi connectivity index (χ1n) is 7.83. The molecule has 3 rings (SSSR count). The lowest BCUT2D eigenvalue weighted by molar-refractivity contribution is -0.121. The van der Waals surface area contributed by atoms with Gasteiger partial charge >= 0.3 is 5.97 Å². The van der Waals surface area contributed by atoms with E-state index in [1.807, 2.05) is 24.3 Å². The lowest BCUT2D eigenvalue weighted by Crippen LogP contribution is -2.32. The molecule has 1 heterocycles. The predicted octanol–water partition coefficient (Wildman–Crippen LogP) is 2.78. The number of hydrogen-bond acceptors (Lipinski definition) is 3. The first kappa shape index (κ1) is 17.9. The number of benzene rings is 2. The number of carboxylic acid groups (broad SMARTS) is 1. The standard InChI is InChI=1S/C19H15BrN2O4/c20-13-5-3-4-12(8-13)10-21-17(23)11-22-16-7-2-1-6-14(16)15(19(25)26)9-18(22)24/h1-9H,10-11H2,(H,21,23)(H,25,26). The van der Waals surface area contributed by atoms with Crippen LogP contribution in [0.3, 0.4) is 0 Å². The molecule has 0 saturated carbocycles. The van der Waals surface area contributed by atoms with E-state index in [0.29, 0.717) is 17.4 Å². The average Bonchev–Trinajstić information content (AvgIpc) is 2.62. The number of nitrogens with zero attached hydrogens (tertiary/aromatic N) is 1. The van der Waals surface area contributed by atoms with E-state index >= 15 is 0 Å². The fraction of sp³-hybridized carbons (Fsp3) is 0.105. The normalized spacial score (nSPS) is 10.7. The second-order valence-corrected chi connectivity index (χ2v) is 6.63. The van der Waals surface area contributed by atoms with Crippen molar-refractivity contribution >= 4 is 38.7 Å². The number of aromatic nitrogens is 1. The molecule has 0 bridgehead atoms. The highest BCUT2D eigenvalue weighted by Crippen LogP contribution is 2.17. The van der Waals surface area contributed by atoms with E-state index in [0.717, 1.165) is 16.1 Å². The van der Waals surface area contributed by atoms with Gasteiger partial charge in [0, 0.05) is 22.5 Å². The number of carbonyl (C=O) groups is 2. The molecule has 1 amide bonds. The third-order valence-electron chi connectivity index (χ3n) is 3.93. The molecule has 0 saturated heterocycles. The summed E-state index contributed by atoms with van der Waals surface area (Å²) in [6, 6.07) is 15.2. The Bertz CT molecular complexity index is 1060. The highest BCUT2D eigenvalue weighted by molar-refractivity contribution is 9.10. The average molecular weight is 415 g/mol. The van der Waals surface area contributed by atoms with Gasteiger partial charge < -0.3 is 10.4 Å². The third kappa shape index (κ3) is 3.83. The van der Waals surface area contributed by atoms with E-state index in [-0.39, 0.29) is 18.0 Å². The number of carboxylic acids is 1. The molecule has 2 N–H and O–H groups in total. The second kappa shape index (κ2) is 7.53. The van der Waals surface area contributed by atoms with Crippen LogP contribution < -0.4 is 10.9 Å². The third-order valence-corrected chi connectivity index (χ3v) is 4.42. The summed E-state index contributed by atoms with van der Waals surface area (Å²) < 4.78 is 2.19. The van der Waals surface area contributed by atoms with Gasteiger partial charge in [-0.05, 0) is 23.8 Å². The van der Waals surface area contributed by atoms with E-state index in [4.69, 9.17) is 0 Å². The number of aromatic carboxylic acids is 1. The molecule has 6 nitrogen and oxygen atoms in total. The zero-order chi connectivity index (χ0) is 18.7. The Morgan fingerprint density at radius 3 is 2.58 bits per heavy atom. The van der Waals surface area contributed by atoms with Gasteiger partial charge in [-0.3, -0.25) is 14.2 Å². The highest BCUT2D eigenvalue weighted by atomic mass is 79.9. The van der Waals surface area contributed by atoms with Crippen molar-refractivity contribution in [2.45, 2.75) is 13.1 Å². The Morgan fingerprint density at radius 1 is 1.08 bits per heavy atom. The van der Waals surface area contributed by atoms with E-state index in [1.165, 1.54) is 4.57 Å². The summed E-state index contributed by atoms with van der Waals surface area (Å²) in [5.41, 5.74) is 0.733. The lowest BCUT2D eigenvalue weighted by Gasteiger charge is -2.12. The molecule has 132 valence electrons. The summed E-state index contributed by atoms with van der Waals surface area (Å²) in [6.07, 6.45) is 0. The number of halogens is 1. The molecule has 0 unspecified atom stereocenters. The van der Waals surface area contributed by atoms with E-state index in [2.05, 4.69) is 21.2 Å². The minimum absolute atomic E-state index is 0.0728. The van der Waals surface area contributed by atoms with Gasteiger partial charge in [-0.15, -0.1) is 0 Å². The van der Waals surface area contributed by atoms with Crippen LogP contribution in [0, 0.1) is 0 Å². The summed E-state index contributed by atoms with van der Waals surface area (Å²) in [5, 5.41) is 12.5. The molecule has 7 heteroatoms. The number of pyridine rings is 1. The van der Waals surface area contributed by atoms with Crippen LogP contribution in [-0.2, 0) is 17.9 Å². The molecule has 0 aliphatic rings. The van der Waals surface area contributed by atoms with Gasteiger partial charge in [-0.2, -0.15) is 0 Å². The van der Waals surface area contributed by atoms with Crippen molar-refractivity contribution in [2.75, 3.05) is 0 Å². The van der Waals surface area contributed by atoms with Crippen LogP contribution in [0.5, 0.6) is 0 Å². The van der Waals surface area contributed by atoms with Crippen molar-refractivity contribution in [3.8, 4) is 0 Å². The summed E-state index contributed by atoms with van der Waals surface area (Å²) in [4.78, 5) is 36.0. The van der Waals surface area contributed by atoms with Crippen LogP contribution in [0.25, 0.3) is 10.9 Å². The molecule has 0 radical (unpaired) electrons. The molecular weight excluding hydrogens is 400 g/mol. The van der Waals surface area contributed by atoms with Crippen molar-refractivity contribution in [1.29, 1.82) is 0 Å². The van der Waals surface area contributed by atoms with Crippen molar-refractivity contribution in [1.82, 2.24) is 9.88 Å². The predicted molar refractivity (Wildman–Crippen MR) is 101 cm³/mol. The largest absolute Gasteiger partial charge is 0.478 e. The van der Waals surface area contributed by atoms with Gasteiger partial charge in [-0.1, -0.05) is 46.3 Å². The van der Waals surface area contributed by atoms with Crippen LogP contribution in [0.15, 0.2) is 63.9 Å². The maximum Gasteiger partial charge on any atom is 0.336 e. The first-order valence-corrected chi connectivity index (χ1v) is 8.62. The van der Waals surface area contributed by atoms with Gasteiger partial charge in [0.15, 0.2) is 0 Å². The number of fused-ring (bicyclic) bond motifs is 1. The van der Waals surface area contributed by atoms with Crippen molar-refractivity contribution in [3.63, 3.8) is 0 Å². The highest BCUT2D eigenvalue weighted by Gasteiger charge is 2.15. The quantitative estimate of drug-likeness (QED) is 0.671. The number of carbonyl (C=O) groups excluding carboxylic acids is 1. The maximum atomic E-state index is 12.3. The zero-order valence-electron chi connectivity index (χ0n) is 13.6. The molecular formula is C19H15BrN2O4. The van der Waals surface area contributed by atoms with Crippen LogP contribution >= 0.6 is 15.9 Å². The van der Waals surface area contributed by atoms with Crippen LogP contribution in [0.2, 0.25) is 0 Å². The SMILES string of the molecule is O=C(Cn1c(=O)cc(C(=O)O)c2ccccc21)NCc1cccc(Br)c1. The Hall–Kier alpha value is -2.93. The molecule has 1 aromatic heterocycles. The van der Waals surface area contributed by atoms with E-state index in [1.54, 1.807) is 24.3 Å². The molecule has 26 heavy (non-hydrogen) atoms. The van der Waals surface area contributed by atoms with Gasteiger partial charge in [0.2, 0.25) is 5.91 Å². The van der Waals surface area contributed by atoms with Crippen molar-refractivity contribution in [2.24, 2.45) is 0 Å². The minimum atomic E-state index is -1.18. The number of rotatable bonds is 5. The Morgan fingerprint density at radius 2 is 1.85 bits per heavy atom. The molecule has 0 aliphatic heterocycles. The summed E-state index contributed by atoms with van der Waals surface area (Å²) >= 11 is 3.37. The fourth-order valence-electron chi connectivity index (χ4n) is 2.72. The van der Waals surface area contributed by atoms with Gasteiger partial charge in [0.05, 0.1) is 11.1 Å². The Labute approximate surface area is 157 Å². The molecule has 0 spiro atoms. The van der Waals surface area contributed by atoms with Gasteiger partial charge in [-0.25, -0.2) is 4.79 Å². The van der Waals surface area contributed by atoms with Crippen molar-refractivity contribution < 1.29 is 14.7 Å². The number of hydrogen-bond donors (Lipinski definition) is 2. The fourth-order valence-corrected chi connectivity index (χ4v) is 3.17. The minimum Gasteiger partial charge on any atom is -0.478 e. The summed E-state index contributed by atoms with van der Waals surface area (Å²) in [7, 11) is 0. The van der Waals surface area contributed by atoms with E-state index < -0.39 is 11.5 Å². The number of nitrogens with one attached hydrogen (secondary N) is 1. The number of para-hydroxylation sites is 1. The Kier molecular flexibility index (Phi) is 5.18. The summed E-state index contributed by atoms with van der Waals surface area (Å²) in [5.74, 6) is -1.51. The van der Waals surface area contributed by atoms with E-state index in [9.17, 15) is 19.5 Å². The zero-order valence-corrected chi connectivity index (χ0v) is 15.2. The van der Waals surface area contributed by atoms with Crippen LogP contribution in [0.1, 0.15) is 15.9 Å². The molecule has 0 aliphatic carbocycles. The Balaban J connectivity index is 1.85. The molecule has 0 fully saturated rings. The lowest BCUT2D eigenvalue weighted by atomic mass is 10.1. The second-order valence-electron chi connectivity index (χ2n) is 5.71. The number of amides is 1. The van der Waals surface area contributed by atoms with Crippen LogP contribution in [-0.4, -0.2) is 21.6 Å². The molecule has 2 aromatic carbocycles. The smallest absolute Gasteiger partial charge is 0.336 e. The maximum absolute atomic E-state index is 12.3. The van der Waals surface area contributed by atoms with Crippen LogP contribution in [0.4, 0.5) is 0 Å². The molecule has 0 atom stereocenters. The van der Waals surface area contributed by atoms with Gasteiger partial charge in [0.1, 0.15) is 6.54 Å². The topological polar surface area (TPSA) is 88.4 Å². The van der Waals surface area contributed by atoms with Crippen molar-refractivity contribution in [3.05, 3.63) is 80.6 Å². The van der Waals surface area contributed by atoms with Gasteiger partial charge in [0.25, 0.3) is 5.56 Å². The summed E-state index contributed by atoms with van der Waals surface area (Å²) in [6.45, 7) is 0.144.